The molecule has 0 saturated heterocycles. The number of hydrogen-bond acceptors (Lipinski definition) is 2. The number of aryl methyl sites for hydroxylation is 1. The molecular formula is C20H19O3S2+. The molecule has 1 aromatic heterocycles. The Morgan fingerprint density at radius 3 is 2.44 bits per heavy atom. The maximum atomic E-state index is 11.3. The maximum Gasteiger partial charge on any atom is 0.294 e. The van der Waals surface area contributed by atoms with Crippen LogP contribution in [0, 0.1) is 6.92 Å². The second-order valence-electron chi connectivity index (χ2n) is 6.24. The monoisotopic (exact) mass is 371 g/mol. The van der Waals surface area contributed by atoms with Crippen molar-refractivity contribution in [2.75, 3.05) is 0 Å². The van der Waals surface area contributed by atoms with Gasteiger partial charge in [0.1, 0.15) is 0 Å². The van der Waals surface area contributed by atoms with E-state index in [4.69, 9.17) is 0 Å². The van der Waals surface area contributed by atoms with Crippen molar-refractivity contribution in [2.24, 2.45) is 0 Å². The Morgan fingerprint density at radius 1 is 1.08 bits per heavy atom. The van der Waals surface area contributed by atoms with Crippen molar-refractivity contribution in [3.63, 3.8) is 0 Å². The second kappa shape index (κ2) is 6.67. The Hall–Kier alpha value is -2.08. The second-order valence-corrected chi connectivity index (χ2v) is 8.74. The summed E-state index contributed by atoms with van der Waals surface area (Å²) >= 11 is 1.67. The fraction of sp³-hybridized carbons (Fsp3) is 0.150. The van der Waals surface area contributed by atoms with Gasteiger partial charge in [-0.2, -0.15) is 8.42 Å². The van der Waals surface area contributed by atoms with E-state index in [9.17, 15) is 13.0 Å². The highest BCUT2D eigenvalue weighted by atomic mass is 32.2. The van der Waals surface area contributed by atoms with E-state index in [2.05, 4.69) is 38.1 Å². The molecule has 128 valence electrons. The van der Waals surface area contributed by atoms with E-state index in [0.717, 1.165) is 21.6 Å². The highest BCUT2D eigenvalue weighted by molar-refractivity contribution is 7.85. The van der Waals surface area contributed by atoms with Crippen LogP contribution >= 0.6 is 11.3 Å². The van der Waals surface area contributed by atoms with E-state index in [1.54, 1.807) is 17.4 Å². The molecule has 1 N–H and O–H groups in total. The van der Waals surface area contributed by atoms with E-state index >= 15 is 0 Å². The Labute approximate surface area is 152 Å². The Bertz CT molecular complexity index is 1090. The first-order valence-electron chi connectivity index (χ1n) is 7.85. The van der Waals surface area contributed by atoms with E-state index in [1.807, 2.05) is 19.1 Å². The molecular weight excluding hydrogens is 352 g/mol. The van der Waals surface area contributed by atoms with Crippen LogP contribution in [0.25, 0.3) is 26.6 Å². The van der Waals surface area contributed by atoms with Crippen LogP contribution in [0.3, 0.4) is 0 Å². The quantitative estimate of drug-likeness (QED) is 0.466. The third-order valence-electron chi connectivity index (χ3n) is 3.91. The smallest absolute Gasteiger partial charge is 0.282 e. The topological polar surface area (TPSA) is 54.4 Å². The van der Waals surface area contributed by atoms with Crippen LogP contribution in [0.15, 0.2) is 59.0 Å². The molecule has 3 rings (SSSR count). The van der Waals surface area contributed by atoms with Crippen LogP contribution in [-0.4, -0.2) is 13.0 Å². The molecule has 0 aliphatic heterocycles. The molecule has 0 radical (unpaired) electrons. The summed E-state index contributed by atoms with van der Waals surface area (Å²) in [6.07, 6.45) is 2.15. The molecule has 0 aliphatic carbocycles. The highest BCUT2D eigenvalue weighted by Crippen LogP contribution is 2.36. The summed E-state index contributed by atoms with van der Waals surface area (Å²) < 4.78 is 33.1. The number of benzene rings is 2. The van der Waals surface area contributed by atoms with Crippen LogP contribution in [0.4, 0.5) is 0 Å². The first kappa shape index (κ1) is 17.7. The SMILES string of the molecule is CC(C)=Cc1cc(-c2ccc(S(=O)(=O)O)cc2C)[s+]c2ccccc12. The van der Waals surface area contributed by atoms with Crippen molar-refractivity contribution in [2.45, 2.75) is 25.7 Å². The summed E-state index contributed by atoms with van der Waals surface area (Å²) in [7, 11) is -4.19. The van der Waals surface area contributed by atoms with Gasteiger partial charge in [-0.1, -0.05) is 23.8 Å². The van der Waals surface area contributed by atoms with E-state index in [0.29, 0.717) is 0 Å². The van der Waals surface area contributed by atoms with Crippen molar-refractivity contribution in [1.29, 1.82) is 0 Å². The lowest BCUT2D eigenvalue weighted by Gasteiger charge is -2.05. The molecule has 0 unspecified atom stereocenters. The lowest BCUT2D eigenvalue weighted by atomic mass is 10.0. The van der Waals surface area contributed by atoms with Gasteiger partial charge < -0.3 is 0 Å². The average molecular weight is 372 g/mol. The summed E-state index contributed by atoms with van der Waals surface area (Å²) in [6.45, 7) is 5.99. The van der Waals surface area contributed by atoms with Crippen LogP contribution < -0.4 is 0 Å². The lowest BCUT2D eigenvalue weighted by Crippen LogP contribution is -1.98. The number of allylic oxidation sites excluding steroid dienone is 1. The molecule has 2 aromatic carbocycles. The van der Waals surface area contributed by atoms with Gasteiger partial charge in [-0.3, -0.25) is 4.55 Å². The van der Waals surface area contributed by atoms with Crippen molar-refractivity contribution in [3.05, 3.63) is 65.2 Å². The van der Waals surface area contributed by atoms with E-state index < -0.39 is 10.1 Å². The fourth-order valence-corrected chi connectivity index (χ4v) is 4.57. The van der Waals surface area contributed by atoms with Crippen molar-refractivity contribution in [3.8, 4) is 10.4 Å². The van der Waals surface area contributed by atoms with Crippen molar-refractivity contribution in [1.82, 2.24) is 0 Å². The maximum absolute atomic E-state index is 11.3. The van der Waals surface area contributed by atoms with Gasteiger partial charge >= 0.3 is 0 Å². The van der Waals surface area contributed by atoms with Crippen LogP contribution in [0.2, 0.25) is 0 Å². The van der Waals surface area contributed by atoms with Crippen molar-refractivity contribution < 1.29 is 13.0 Å². The summed E-state index contributed by atoms with van der Waals surface area (Å²) in [5.41, 5.74) is 4.13. The Balaban J connectivity index is 2.24. The Kier molecular flexibility index (Phi) is 4.73. The minimum Gasteiger partial charge on any atom is -0.282 e. The molecule has 0 amide bonds. The normalized spacial score (nSPS) is 11.5. The van der Waals surface area contributed by atoms with Gasteiger partial charge in [0, 0.05) is 23.1 Å². The molecule has 0 spiro atoms. The predicted molar refractivity (Wildman–Crippen MR) is 106 cm³/mol. The summed E-state index contributed by atoms with van der Waals surface area (Å²) in [5, 5.41) is 1.20. The average Bonchev–Trinajstić information content (AvgIpc) is 2.53. The first-order chi connectivity index (χ1) is 11.8. The van der Waals surface area contributed by atoms with Gasteiger partial charge in [0.2, 0.25) is 20.9 Å². The standard InChI is InChI=1S/C20H18O3S2/c1-13(2)10-15-12-20(24-19-7-5-4-6-18(15)19)17-9-8-16(11-14(17)3)25(21,22)23/h4-12H,1-3H3/p+1. The fourth-order valence-electron chi connectivity index (χ4n) is 2.80. The molecule has 0 aliphatic rings. The zero-order valence-electron chi connectivity index (χ0n) is 14.3. The zero-order valence-corrected chi connectivity index (χ0v) is 15.9. The minimum absolute atomic E-state index is 0.0796. The van der Waals surface area contributed by atoms with Gasteiger partial charge in [0.05, 0.1) is 4.90 Å². The van der Waals surface area contributed by atoms with Gasteiger partial charge in [0.15, 0.2) is 0 Å². The summed E-state index contributed by atoms with van der Waals surface area (Å²) in [6, 6.07) is 15.1. The number of hydrogen-bond donors (Lipinski definition) is 1. The third-order valence-corrected chi connectivity index (χ3v) is 5.89. The molecule has 0 bridgehead atoms. The third kappa shape index (κ3) is 3.79. The Morgan fingerprint density at radius 2 is 1.80 bits per heavy atom. The molecule has 5 heteroatoms. The minimum atomic E-state index is -4.19. The molecule has 25 heavy (non-hydrogen) atoms. The highest BCUT2D eigenvalue weighted by Gasteiger charge is 2.20. The summed E-state index contributed by atoms with van der Waals surface area (Å²) in [5.74, 6) is 0. The number of fused-ring (bicyclic) bond motifs is 1. The van der Waals surface area contributed by atoms with Gasteiger partial charge in [-0.05, 0) is 56.2 Å². The van der Waals surface area contributed by atoms with E-state index in [-0.39, 0.29) is 4.90 Å². The van der Waals surface area contributed by atoms with Crippen LogP contribution in [0.5, 0.6) is 0 Å². The summed E-state index contributed by atoms with van der Waals surface area (Å²) in [4.78, 5) is 0.981. The van der Waals surface area contributed by atoms with Crippen LogP contribution in [-0.2, 0) is 10.1 Å². The zero-order chi connectivity index (χ0) is 18.2. The molecule has 3 aromatic rings. The molecule has 1 heterocycles. The molecule has 3 nitrogen and oxygen atoms in total. The largest absolute Gasteiger partial charge is 0.294 e. The van der Waals surface area contributed by atoms with E-state index in [1.165, 1.54) is 27.8 Å². The van der Waals surface area contributed by atoms with Crippen molar-refractivity contribution >= 4 is 37.6 Å². The first-order valence-corrected chi connectivity index (χ1v) is 10.1. The lowest BCUT2D eigenvalue weighted by molar-refractivity contribution is 0.483. The van der Waals surface area contributed by atoms with Gasteiger partial charge in [-0.25, -0.2) is 0 Å². The molecule has 0 fully saturated rings. The molecule has 0 saturated carbocycles. The predicted octanol–water partition coefficient (Wildman–Crippen LogP) is 5.83. The van der Waals surface area contributed by atoms with Gasteiger partial charge in [0.25, 0.3) is 10.1 Å². The van der Waals surface area contributed by atoms with Crippen LogP contribution in [0.1, 0.15) is 25.0 Å². The molecule has 0 atom stereocenters. The number of rotatable bonds is 3. The van der Waals surface area contributed by atoms with Gasteiger partial charge in [-0.15, -0.1) is 0 Å².